The van der Waals surface area contributed by atoms with Crippen molar-refractivity contribution in [3.63, 3.8) is 0 Å². The first-order valence-electron chi connectivity index (χ1n) is 5.89. The number of anilines is 1. The number of H-pyrrole nitrogens is 1. The van der Waals surface area contributed by atoms with Crippen molar-refractivity contribution in [2.24, 2.45) is 0 Å². The summed E-state index contributed by atoms with van der Waals surface area (Å²) in [4.78, 5) is 3.42. The highest BCUT2D eigenvalue weighted by Gasteiger charge is 2.16. The van der Waals surface area contributed by atoms with Gasteiger partial charge in [0.25, 0.3) is 0 Å². The highest BCUT2D eigenvalue weighted by Crippen LogP contribution is 2.34. The number of rotatable bonds is 1. The van der Waals surface area contributed by atoms with E-state index in [1.165, 1.54) is 11.1 Å². The van der Waals surface area contributed by atoms with Crippen molar-refractivity contribution in [2.45, 2.75) is 20.8 Å². The van der Waals surface area contributed by atoms with Crippen LogP contribution in [0.4, 0.5) is 5.82 Å². The van der Waals surface area contributed by atoms with Gasteiger partial charge in [0.05, 0.1) is 0 Å². The molecule has 0 saturated heterocycles. The monoisotopic (exact) mass is 241 g/mol. The molecule has 2 aromatic heterocycles. The van der Waals surface area contributed by atoms with Crippen LogP contribution in [0.15, 0.2) is 22.7 Å². The molecule has 0 bridgehead atoms. The Morgan fingerprint density at radius 3 is 2.67 bits per heavy atom. The summed E-state index contributed by atoms with van der Waals surface area (Å²) >= 11 is 0. The number of benzene rings is 1. The van der Waals surface area contributed by atoms with E-state index in [1.807, 2.05) is 6.92 Å². The van der Waals surface area contributed by atoms with Crippen LogP contribution in [0.2, 0.25) is 0 Å². The molecule has 0 aliphatic carbocycles. The Labute approximate surface area is 105 Å². The maximum absolute atomic E-state index is 5.62. The molecule has 92 valence electrons. The Hall–Kier alpha value is -2.23. The number of aromatic nitrogens is 2. The van der Waals surface area contributed by atoms with E-state index in [1.54, 1.807) is 6.07 Å². The lowest BCUT2D eigenvalue weighted by Gasteiger charge is -2.01. The fraction of sp³-hybridized carbons (Fsp3) is 0.214. The zero-order valence-electron chi connectivity index (χ0n) is 10.7. The molecule has 0 atom stereocenters. The van der Waals surface area contributed by atoms with Gasteiger partial charge in [-0.3, -0.25) is 0 Å². The summed E-state index contributed by atoms with van der Waals surface area (Å²) in [5, 5.41) is 4.89. The molecule has 1 aromatic carbocycles. The predicted molar refractivity (Wildman–Crippen MR) is 72.4 cm³/mol. The minimum absolute atomic E-state index is 0.405. The topological polar surface area (TPSA) is 67.8 Å². The summed E-state index contributed by atoms with van der Waals surface area (Å²) in [6, 6.07) is 5.98. The van der Waals surface area contributed by atoms with Gasteiger partial charge in [0.1, 0.15) is 0 Å². The van der Waals surface area contributed by atoms with E-state index in [-0.39, 0.29) is 0 Å². The Balaban J connectivity index is 2.36. The number of nitrogens with one attached hydrogen (secondary N) is 1. The number of hydrogen-bond donors (Lipinski definition) is 2. The fourth-order valence-corrected chi connectivity index (χ4v) is 2.36. The molecule has 3 rings (SSSR count). The van der Waals surface area contributed by atoms with Gasteiger partial charge < -0.3 is 15.2 Å². The molecule has 18 heavy (non-hydrogen) atoms. The average Bonchev–Trinajstić information content (AvgIpc) is 2.87. The lowest BCUT2D eigenvalue weighted by Crippen LogP contribution is -1.82. The van der Waals surface area contributed by atoms with Crippen molar-refractivity contribution in [3.05, 3.63) is 35.0 Å². The van der Waals surface area contributed by atoms with Crippen LogP contribution in [-0.2, 0) is 0 Å². The highest BCUT2D eigenvalue weighted by atomic mass is 16.5. The lowest BCUT2D eigenvalue weighted by atomic mass is 10.0. The number of aryl methyl sites for hydroxylation is 3. The predicted octanol–water partition coefficient (Wildman–Crippen LogP) is 3.33. The Bertz CT molecular complexity index is 737. The van der Waals surface area contributed by atoms with Gasteiger partial charge in [-0.15, -0.1) is 0 Å². The first kappa shape index (κ1) is 10.9. The average molecular weight is 241 g/mol. The largest absolute Gasteiger partial charge is 0.381 e. The summed E-state index contributed by atoms with van der Waals surface area (Å²) in [6.45, 7) is 6.26. The molecule has 0 spiro atoms. The van der Waals surface area contributed by atoms with E-state index in [4.69, 9.17) is 10.3 Å². The van der Waals surface area contributed by atoms with Crippen LogP contribution in [-0.4, -0.2) is 10.1 Å². The second-order valence-corrected chi connectivity index (χ2v) is 4.67. The maximum Gasteiger partial charge on any atom is 0.171 e. The third kappa shape index (κ3) is 1.42. The molecule has 0 saturated carbocycles. The van der Waals surface area contributed by atoms with Gasteiger partial charge >= 0.3 is 0 Å². The molecule has 0 aliphatic heterocycles. The van der Waals surface area contributed by atoms with Gasteiger partial charge in [-0.05, 0) is 31.9 Å². The van der Waals surface area contributed by atoms with Gasteiger partial charge in [-0.25, -0.2) is 0 Å². The molecular weight excluding hydrogens is 226 g/mol. The van der Waals surface area contributed by atoms with E-state index in [0.717, 1.165) is 22.2 Å². The minimum Gasteiger partial charge on any atom is -0.381 e. The number of nitrogens with zero attached hydrogens (tertiary/aromatic N) is 1. The van der Waals surface area contributed by atoms with Gasteiger partial charge in [-0.2, -0.15) is 0 Å². The van der Waals surface area contributed by atoms with Gasteiger partial charge in [0.15, 0.2) is 11.6 Å². The molecule has 0 radical (unpaired) electrons. The molecule has 3 N–H and O–H groups in total. The normalized spacial score (nSPS) is 11.3. The Kier molecular flexibility index (Phi) is 2.20. The van der Waals surface area contributed by atoms with Crippen LogP contribution in [0.5, 0.6) is 0 Å². The quantitative estimate of drug-likeness (QED) is 0.686. The van der Waals surface area contributed by atoms with E-state index >= 15 is 0 Å². The molecule has 4 heteroatoms. The number of fused-ring (bicyclic) bond motifs is 1. The summed E-state index contributed by atoms with van der Waals surface area (Å²) < 4.78 is 5.27. The smallest absolute Gasteiger partial charge is 0.171 e. The third-order valence-corrected chi connectivity index (χ3v) is 3.47. The van der Waals surface area contributed by atoms with Crippen LogP contribution in [0, 0.1) is 20.8 Å². The van der Waals surface area contributed by atoms with Crippen molar-refractivity contribution >= 4 is 16.7 Å². The maximum atomic E-state index is 5.62. The molecule has 4 nitrogen and oxygen atoms in total. The van der Waals surface area contributed by atoms with Crippen molar-refractivity contribution in [2.75, 3.05) is 5.73 Å². The lowest BCUT2D eigenvalue weighted by molar-refractivity contribution is 0.436. The van der Waals surface area contributed by atoms with E-state index in [0.29, 0.717) is 11.6 Å². The first-order valence-corrected chi connectivity index (χ1v) is 5.89. The van der Waals surface area contributed by atoms with Crippen molar-refractivity contribution in [1.29, 1.82) is 0 Å². The van der Waals surface area contributed by atoms with Crippen LogP contribution in [0.3, 0.4) is 0 Å². The van der Waals surface area contributed by atoms with Crippen LogP contribution >= 0.6 is 0 Å². The molecular formula is C14H15N3O. The standard InChI is InChI=1S/C14H15N3O/c1-7-4-5-10-13(11-6-12(15)17-18-11)9(3)16-14(10)8(7)2/h4-6,16H,1-3H3,(H2,15,17). The molecule has 0 unspecified atom stereocenters. The summed E-state index contributed by atoms with van der Waals surface area (Å²) in [5.41, 5.74) is 11.4. The second kappa shape index (κ2) is 3.63. The van der Waals surface area contributed by atoms with Gasteiger partial charge in [0, 0.05) is 28.2 Å². The first-order chi connectivity index (χ1) is 8.58. The van der Waals surface area contributed by atoms with Crippen LogP contribution < -0.4 is 5.73 Å². The van der Waals surface area contributed by atoms with Crippen molar-refractivity contribution < 1.29 is 4.52 Å². The molecule has 2 heterocycles. The highest BCUT2D eigenvalue weighted by molar-refractivity contribution is 5.98. The summed E-state index contributed by atoms with van der Waals surface area (Å²) in [7, 11) is 0. The SMILES string of the molecule is Cc1ccc2c(-c3cc(N)no3)c(C)[nH]c2c1C. The second-order valence-electron chi connectivity index (χ2n) is 4.67. The number of aromatic amines is 1. The van der Waals surface area contributed by atoms with Crippen LogP contribution in [0.1, 0.15) is 16.8 Å². The summed E-state index contributed by atoms with van der Waals surface area (Å²) in [5.74, 6) is 1.11. The van der Waals surface area contributed by atoms with E-state index < -0.39 is 0 Å². The van der Waals surface area contributed by atoms with E-state index in [9.17, 15) is 0 Å². The number of nitrogen functional groups attached to an aromatic ring is 1. The van der Waals surface area contributed by atoms with Crippen molar-refractivity contribution in [1.82, 2.24) is 10.1 Å². The van der Waals surface area contributed by atoms with Crippen molar-refractivity contribution in [3.8, 4) is 11.3 Å². The minimum atomic E-state index is 0.405. The molecule has 0 amide bonds. The van der Waals surface area contributed by atoms with Gasteiger partial charge in [0.2, 0.25) is 0 Å². The zero-order valence-corrected chi connectivity index (χ0v) is 10.7. The molecule has 3 aromatic rings. The van der Waals surface area contributed by atoms with Gasteiger partial charge in [-0.1, -0.05) is 17.3 Å². The number of hydrogen-bond acceptors (Lipinski definition) is 3. The third-order valence-electron chi connectivity index (χ3n) is 3.47. The summed E-state index contributed by atoms with van der Waals surface area (Å²) in [6.07, 6.45) is 0. The Morgan fingerprint density at radius 2 is 2.00 bits per heavy atom. The Morgan fingerprint density at radius 1 is 1.22 bits per heavy atom. The molecule has 0 fully saturated rings. The zero-order chi connectivity index (χ0) is 12.9. The van der Waals surface area contributed by atoms with E-state index in [2.05, 4.69) is 36.1 Å². The van der Waals surface area contributed by atoms with Crippen LogP contribution in [0.25, 0.3) is 22.2 Å². The fourth-order valence-electron chi connectivity index (χ4n) is 2.36. The molecule has 0 aliphatic rings. The number of nitrogens with two attached hydrogens (primary N) is 1.